The Labute approximate surface area is 247 Å². The standard InChI is InChI=1S/C26H37ClN4O7S2/c1-15(2)20(30-24(36)38-25(3,4)5)22(33)37-16(9-7-8-10-27)11-18(32)28-12-19-29-17(13-39-19)21-31-26(6,14-40-21)23(34)35/h7,9,13,15-16,20H,8,10-12,14H2,1-6H3,(H,28,32)(H,30,36)(H,34,35). The summed E-state index contributed by atoms with van der Waals surface area (Å²) in [7, 11) is 0. The second-order valence-electron chi connectivity index (χ2n) is 10.6. The number of amides is 2. The van der Waals surface area contributed by atoms with Crippen LogP contribution in [0.15, 0.2) is 22.5 Å². The van der Waals surface area contributed by atoms with Crippen LogP contribution in [0.5, 0.6) is 0 Å². The third kappa shape index (κ3) is 10.7. The van der Waals surface area contributed by atoms with Crippen LogP contribution in [0.3, 0.4) is 0 Å². The number of rotatable bonds is 13. The number of alkyl carbamates (subject to hydrolysis) is 1. The first-order chi connectivity index (χ1) is 18.6. The van der Waals surface area contributed by atoms with Gasteiger partial charge in [0.1, 0.15) is 33.5 Å². The number of nitrogens with zero attached hydrogens (tertiary/aromatic N) is 2. The number of aliphatic carboxylic acids is 1. The molecule has 0 radical (unpaired) electrons. The summed E-state index contributed by atoms with van der Waals surface area (Å²) < 4.78 is 10.9. The Morgan fingerprint density at radius 2 is 1.98 bits per heavy atom. The number of aromatic nitrogens is 1. The predicted molar refractivity (Wildman–Crippen MR) is 156 cm³/mol. The molecule has 11 nitrogen and oxygen atoms in total. The molecule has 2 heterocycles. The van der Waals surface area contributed by atoms with E-state index in [1.165, 1.54) is 23.1 Å². The highest BCUT2D eigenvalue weighted by Gasteiger charge is 2.39. The third-order valence-electron chi connectivity index (χ3n) is 5.38. The van der Waals surface area contributed by atoms with Crippen molar-refractivity contribution >= 4 is 63.7 Å². The van der Waals surface area contributed by atoms with Crippen LogP contribution in [0, 0.1) is 5.92 Å². The number of carboxylic acids is 1. The van der Waals surface area contributed by atoms with Crippen molar-refractivity contribution in [2.75, 3.05) is 11.6 Å². The van der Waals surface area contributed by atoms with E-state index < -0.39 is 41.3 Å². The quantitative estimate of drug-likeness (QED) is 0.168. The number of alkyl halides is 1. The maximum atomic E-state index is 13.0. The zero-order valence-electron chi connectivity index (χ0n) is 23.5. The van der Waals surface area contributed by atoms with E-state index in [0.29, 0.717) is 33.8 Å². The number of nitrogens with one attached hydrogen (secondary N) is 2. The zero-order valence-corrected chi connectivity index (χ0v) is 25.9. The molecule has 222 valence electrons. The molecule has 14 heteroatoms. The molecule has 3 unspecified atom stereocenters. The maximum absolute atomic E-state index is 13.0. The molecule has 1 aromatic heterocycles. The minimum absolute atomic E-state index is 0.137. The van der Waals surface area contributed by atoms with Crippen molar-refractivity contribution in [3.8, 4) is 0 Å². The van der Waals surface area contributed by atoms with Crippen molar-refractivity contribution < 1.29 is 33.8 Å². The average Bonchev–Trinajstić information content (AvgIpc) is 3.47. The number of carbonyl (C=O) groups excluding carboxylic acids is 3. The van der Waals surface area contributed by atoms with Crippen molar-refractivity contribution in [1.82, 2.24) is 15.6 Å². The van der Waals surface area contributed by atoms with Gasteiger partial charge in [-0.25, -0.2) is 19.4 Å². The van der Waals surface area contributed by atoms with Gasteiger partial charge in [-0.05, 0) is 46.1 Å². The molecule has 3 N–H and O–H groups in total. The molecule has 0 saturated heterocycles. The molecule has 0 aromatic carbocycles. The lowest BCUT2D eigenvalue weighted by Gasteiger charge is -2.26. The molecule has 2 amide bonds. The largest absolute Gasteiger partial charge is 0.479 e. The Kier molecular flexibility index (Phi) is 12.4. The second-order valence-corrected chi connectivity index (χ2v) is 12.9. The third-order valence-corrected chi connectivity index (χ3v) is 7.73. The fourth-order valence-corrected chi connectivity index (χ4v) is 5.32. The molecule has 0 aliphatic carbocycles. The number of hydrogen-bond donors (Lipinski definition) is 3. The highest BCUT2D eigenvalue weighted by molar-refractivity contribution is 8.14. The Morgan fingerprint density at radius 1 is 1.27 bits per heavy atom. The second kappa shape index (κ2) is 14.8. The highest BCUT2D eigenvalue weighted by atomic mass is 35.5. The van der Waals surface area contributed by atoms with Gasteiger partial charge in [-0.1, -0.05) is 19.9 Å². The summed E-state index contributed by atoms with van der Waals surface area (Å²) in [6, 6.07) is -0.977. The van der Waals surface area contributed by atoms with Crippen molar-refractivity contribution in [2.45, 2.75) is 84.2 Å². The fourth-order valence-electron chi connectivity index (χ4n) is 3.27. The zero-order chi connectivity index (χ0) is 30.1. The van der Waals surface area contributed by atoms with Crippen LogP contribution in [-0.2, 0) is 30.4 Å². The molecule has 1 aromatic rings. The summed E-state index contributed by atoms with van der Waals surface area (Å²) in [4.78, 5) is 58.1. The molecule has 0 bridgehead atoms. The number of carboxylic acid groups (broad SMARTS) is 1. The minimum Gasteiger partial charge on any atom is -0.479 e. The average molecular weight is 617 g/mol. The molecule has 3 atom stereocenters. The first-order valence-corrected chi connectivity index (χ1v) is 15.1. The van der Waals surface area contributed by atoms with Gasteiger partial charge in [-0.3, -0.25) is 9.79 Å². The van der Waals surface area contributed by atoms with Gasteiger partial charge < -0.3 is 25.2 Å². The van der Waals surface area contributed by atoms with E-state index in [1.807, 2.05) is 0 Å². The highest BCUT2D eigenvalue weighted by Crippen LogP contribution is 2.31. The van der Waals surface area contributed by atoms with Gasteiger partial charge in [0.15, 0.2) is 5.54 Å². The van der Waals surface area contributed by atoms with E-state index >= 15 is 0 Å². The number of carbonyl (C=O) groups is 4. The van der Waals surface area contributed by atoms with Crippen molar-refractivity contribution in [3.63, 3.8) is 0 Å². The van der Waals surface area contributed by atoms with E-state index in [0.717, 1.165) is 0 Å². The van der Waals surface area contributed by atoms with Gasteiger partial charge >= 0.3 is 18.0 Å². The van der Waals surface area contributed by atoms with E-state index in [-0.39, 0.29) is 24.8 Å². The topological polar surface area (TPSA) is 156 Å². The van der Waals surface area contributed by atoms with Crippen LogP contribution in [-0.4, -0.2) is 74.0 Å². The Bertz CT molecular complexity index is 1130. The number of halogens is 1. The normalized spacial score (nSPS) is 18.8. The van der Waals surface area contributed by atoms with Gasteiger partial charge in [0.25, 0.3) is 0 Å². The Morgan fingerprint density at radius 3 is 2.55 bits per heavy atom. The molecular weight excluding hydrogens is 580 g/mol. The van der Waals surface area contributed by atoms with Crippen LogP contribution in [0.25, 0.3) is 0 Å². The van der Waals surface area contributed by atoms with Gasteiger partial charge in [-0.15, -0.1) is 34.7 Å². The number of hydrogen-bond acceptors (Lipinski definition) is 10. The minimum atomic E-state index is -1.18. The lowest BCUT2D eigenvalue weighted by Crippen LogP contribution is -2.48. The molecule has 2 rings (SSSR count). The summed E-state index contributed by atoms with van der Waals surface area (Å²) in [6.07, 6.45) is 2.06. The van der Waals surface area contributed by atoms with Gasteiger partial charge in [-0.2, -0.15) is 0 Å². The monoisotopic (exact) mass is 616 g/mol. The molecule has 0 fully saturated rings. The van der Waals surface area contributed by atoms with Gasteiger partial charge in [0.05, 0.1) is 13.0 Å². The SMILES string of the molecule is CC(C)C(NC(=O)OC(C)(C)C)C(=O)OC(C=CCCCl)CC(=O)NCc1nc(C2=NC(C)(C(=O)O)CS2)cs1. The number of esters is 1. The van der Waals surface area contributed by atoms with E-state index in [9.17, 15) is 24.3 Å². The number of aliphatic imine (C=N–C) groups is 1. The first kappa shape index (κ1) is 33.6. The van der Waals surface area contributed by atoms with Gasteiger partial charge in [0.2, 0.25) is 5.91 Å². The molecule has 0 spiro atoms. The van der Waals surface area contributed by atoms with Crippen molar-refractivity contribution in [1.29, 1.82) is 0 Å². The number of thioether (sulfide) groups is 1. The molecule has 1 aliphatic heterocycles. The summed E-state index contributed by atoms with van der Waals surface area (Å²) in [5.41, 5.74) is -1.35. The van der Waals surface area contributed by atoms with Gasteiger partial charge in [0, 0.05) is 17.0 Å². The lowest BCUT2D eigenvalue weighted by atomic mass is 10.0. The van der Waals surface area contributed by atoms with E-state index in [1.54, 1.807) is 59.1 Å². The summed E-state index contributed by atoms with van der Waals surface area (Å²) in [6.45, 7) is 10.4. The summed E-state index contributed by atoms with van der Waals surface area (Å²) in [5, 5.41) is 17.6. The van der Waals surface area contributed by atoms with Crippen LogP contribution in [0.1, 0.15) is 65.1 Å². The number of ether oxygens (including phenoxy) is 2. The van der Waals surface area contributed by atoms with Crippen LogP contribution in [0.4, 0.5) is 4.79 Å². The summed E-state index contributed by atoms with van der Waals surface area (Å²) >= 11 is 8.40. The molecule has 0 saturated carbocycles. The van der Waals surface area contributed by atoms with Crippen molar-refractivity contribution in [2.24, 2.45) is 10.9 Å². The smallest absolute Gasteiger partial charge is 0.408 e. The van der Waals surface area contributed by atoms with Crippen LogP contribution < -0.4 is 10.6 Å². The summed E-state index contributed by atoms with van der Waals surface area (Å²) in [5.74, 6) is -1.67. The number of thiazole rings is 1. The predicted octanol–water partition coefficient (Wildman–Crippen LogP) is 4.13. The molecular formula is C26H37ClN4O7S2. The number of allylic oxidation sites excluding steroid dienone is 1. The fraction of sp³-hybridized carbons (Fsp3) is 0.615. The molecule has 40 heavy (non-hydrogen) atoms. The Balaban J connectivity index is 2.00. The van der Waals surface area contributed by atoms with Crippen LogP contribution in [0.2, 0.25) is 0 Å². The lowest BCUT2D eigenvalue weighted by molar-refractivity contribution is -0.151. The molecule has 1 aliphatic rings. The van der Waals surface area contributed by atoms with Crippen LogP contribution >= 0.6 is 34.7 Å². The Hall–Kier alpha value is -2.64. The maximum Gasteiger partial charge on any atom is 0.408 e. The van der Waals surface area contributed by atoms with E-state index in [4.69, 9.17) is 21.1 Å². The van der Waals surface area contributed by atoms with Crippen molar-refractivity contribution in [3.05, 3.63) is 28.2 Å². The first-order valence-electron chi connectivity index (χ1n) is 12.7. The van der Waals surface area contributed by atoms with E-state index in [2.05, 4.69) is 20.6 Å².